The van der Waals surface area contributed by atoms with Gasteiger partial charge in [0.1, 0.15) is 5.75 Å². The Bertz CT molecular complexity index is 1280. The molecule has 0 saturated heterocycles. The molecule has 0 atom stereocenters. The van der Waals surface area contributed by atoms with Gasteiger partial charge in [0.25, 0.3) is 5.91 Å². The highest BCUT2D eigenvalue weighted by atomic mass is 32.1. The molecule has 0 aliphatic heterocycles. The smallest absolute Gasteiger partial charge is 0.256 e. The summed E-state index contributed by atoms with van der Waals surface area (Å²) in [5, 5.41) is 2.94. The van der Waals surface area contributed by atoms with Crippen molar-refractivity contribution in [2.75, 3.05) is 12.4 Å². The molecule has 6 heteroatoms. The first-order valence-corrected chi connectivity index (χ1v) is 12.2. The average molecular weight is 489 g/mol. The topological polar surface area (TPSA) is 76.7 Å². The molecule has 0 fully saturated rings. The summed E-state index contributed by atoms with van der Waals surface area (Å²) in [5.74, 6) is 1.11. The van der Waals surface area contributed by atoms with Crippen LogP contribution in [0, 0.1) is 6.92 Å². The predicted molar refractivity (Wildman–Crippen MR) is 150 cm³/mol. The molecule has 0 unspecified atom stereocenters. The Balaban J connectivity index is 1.94. The van der Waals surface area contributed by atoms with E-state index in [1.165, 1.54) is 5.56 Å². The number of carbonyl (C=O) groups is 1. The molecule has 35 heavy (non-hydrogen) atoms. The summed E-state index contributed by atoms with van der Waals surface area (Å²) in [6.07, 6.45) is 0.646. The van der Waals surface area contributed by atoms with Crippen molar-refractivity contribution in [3.05, 3.63) is 94.6 Å². The van der Waals surface area contributed by atoms with Crippen LogP contribution in [0.2, 0.25) is 0 Å². The number of anilines is 1. The number of benzene rings is 3. The summed E-state index contributed by atoms with van der Waals surface area (Å²) >= 11 is 3.48. The lowest BCUT2D eigenvalue weighted by Gasteiger charge is -2.19. The Morgan fingerprint density at radius 1 is 1.06 bits per heavy atom. The molecule has 0 saturated carbocycles. The van der Waals surface area contributed by atoms with Crippen molar-refractivity contribution < 1.29 is 9.53 Å². The monoisotopic (exact) mass is 488 g/mol. The molecule has 182 valence electrons. The average Bonchev–Trinajstić information content (AvgIpc) is 2.84. The molecule has 0 radical (unpaired) electrons. The van der Waals surface area contributed by atoms with Gasteiger partial charge in [-0.2, -0.15) is 0 Å². The van der Waals surface area contributed by atoms with E-state index in [0.29, 0.717) is 40.9 Å². The number of hydrogen-bond acceptors (Lipinski definition) is 4. The lowest BCUT2D eigenvalue weighted by molar-refractivity contribution is 0.102. The van der Waals surface area contributed by atoms with Gasteiger partial charge in [-0.05, 0) is 61.7 Å². The van der Waals surface area contributed by atoms with Gasteiger partial charge in [-0.25, -0.2) is 0 Å². The number of ether oxygens (including phenoxy) is 1. The molecule has 1 amide bonds. The van der Waals surface area contributed by atoms with Crippen LogP contribution in [0.25, 0.3) is 5.70 Å². The summed E-state index contributed by atoms with van der Waals surface area (Å²) in [5.41, 5.74) is 12.3. The minimum atomic E-state index is -0.211. The Kier molecular flexibility index (Phi) is 8.77. The first-order valence-electron chi connectivity index (χ1n) is 11.7. The van der Waals surface area contributed by atoms with Gasteiger partial charge in [-0.15, -0.1) is 0 Å². The third kappa shape index (κ3) is 6.14. The maximum absolute atomic E-state index is 13.0. The second-order valence-electron chi connectivity index (χ2n) is 8.58. The van der Waals surface area contributed by atoms with Crippen molar-refractivity contribution in [3.63, 3.8) is 0 Å². The highest BCUT2D eigenvalue weighted by Crippen LogP contribution is 2.29. The van der Waals surface area contributed by atoms with E-state index >= 15 is 0 Å². The Hall–Kier alpha value is -3.51. The van der Waals surface area contributed by atoms with Crippen LogP contribution in [0.1, 0.15) is 60.2 Å². The normalized spacial score (nSPS) is 12.4. The summed E-state index contributed by atoms with van der Waals surface area (Å²) in [7, 11) is 1.69. The highest BCUT2D eigenvalue weighted by molar-refractivity contribution is 7.58. The second kappa shape index (κ2) is 11.8. The quantitative estimate of drug-likeness (QED) is 0.246. The summed E-state index contributed by atoms with van der Waals surface area (Å²) in [4.78, 5) is 18.3. The fourth-order valence-electron chi connectivity index (χ4n) is 3.98. The van der Waals surface area contributed by atoms with Crippen molar-refractivity contribution in [2.45, 2.75) is 44.9 Å². The molecule has 3 aromatic rings. The fraction of sp³-hybridized carbons (Fsp3) is 0.241. The Morgan fingerprint density at radius 2 is 1.74 bits per heavy atom. The number of nitrogens with one attached hydrogen (secondary N) is 1. The van der Waals surface area contributed by atoms with Gasteiger partial charge in [-0.1, -0.05) is 57.2 Å². The number of hydrogen-bond donors (Lipinski definition) is 2. The number of amides is 1. The van der Waals surface area contributed by atoms with E-state index in [1.807, 2.05) is 62.4 Å². The summed E-state index contributed by atoms with van der Waals surface area (Å²) in [6, 6.07) is 21.0. The van der Waals surface area contributed by atoms with E-state index < -0.39 is 0 Å². The molecule has 0 aliphatic rings. The zero-order valence-electron chi connectivity index (χ0n) is 21.0. The maximum Gasteiger partial charge on any atom is 0.256 e. The van der Waals surface area contributed by atoms with Gasteiger partial charge in [0.05, 0.1) is 0 Å². The van der Waals surface area contributed by atoms with E-state index in [1.54, 1.807) is 19.2 Å². The largest absolute Gasteiger partial charge is 0.439 e. The van der Waals surface area contributed by atoms with Crippen molar-refractivity contribution in [2.24, 2.45) is 10.7 Å². The summed E-state index contributed by atoms with van der Waals surface area (Å²) in [6.45, 7) is 8.20. The van der Waals surface area contributed by atoms with E-state index in [9.17, 15) is 4.79 Å². The van der Waals surface area contributed by atoms with Gasteiger partial charge in [0.2, 0.25) is 5.90 Å². The van der Waals surface area contributed by atoms with Crippen LogP contribution in [-0.4, -0.2) is 18.9 Å². The van der Waals surface area contributed by atoms with Gasteiger partial charge in [-0.3, -0.25) is 9.79 Å². The molecule has 3 aromatic carbocycles. The molecule has 0 spiro atoms. The molecule has 3 N–H and O–H groups in total. The van der Waals surface area contributed by atoms with Gasteiger partial charge in [0, 0.05) is 46.8 Å². The van der Waals surface area contributed by atoms with E-state index in [4.69, 9.17) is 10.5 Å². The van der Waals surface area contributed by atoms with Crippen molar-refractivity contribution in [3.8, 4) is 5.75 Å². The third-order valence-corrected chi connectivity index (χ3v) is 6.18. The number of carbonyl (C=O) groups excluding carboxylic acids is 1. The van der Waals surface area contributed by atoms with Gasteiger partial charge >= 0.3 is 0 Å². The first-order chi connectivity index (χ1) is 16.8. The maximum atomic E-state index is 13.0. The summed E-state index contributed by atoms with van der Waals surface area (Å²) < 4.78 is 6.27. The highest BCUT2D eigenvalue weighted by Gasteiger charge is 2.19. The van der Waals surface area contributed by atoms with Gasteiger partial charge < -0.3 is 15.8 Å². The predicted octanol–water partition coefficient (Wildman–Crippen LogP) is 5.93. The Labute approximate surface area is 213 Å². The van der Waals surface area contributed by atoms with Crippen LogP contribution in [0.15, 0.2) is 82.2 Å². The van der Waals surface area contributed by atoms with Crippen LogP contribution >= 0.6 is 0 Å². The number of nitrogens with zero attached hydrogens (tertiary/aromatic N) is 1. The Morgan fingerprint density at radius 3 is 2.40 bits per heavy atom. The van der Waals surface area contributed by atoms with Crippen LogP contribution in [0.5, 0.6) is 5.75 Å². The second-order valence-corrected chi connectivity index (χ2v) is 9.16. The van der Waals surface area contributed by atoms with Crippen molar-refractivity contribution in [1.82, 2.24) is 0 Å². The minimum absolute atomic E-state index is 0.211. The molecule has 3 rings (SSSR count). The number of aliphatic imine (C=N–C) groups is 1. The molecule has 0 aromatic heterocycles. The first kappa shape index (κ1) is 26.1. The standard InChI is InChI=1S/C29H33N3O2S/c1-6-22(27(30)25-14-8-7-13-23(25)18(2)3)29(31-5)34-26-16-10-15-24(19(26)4)28(33)32-20-11-9-12-21(35)17-20/h7-18,35H,6,30H2,1-5H3,(H,32,33)/p+1/b27-22-,31-29?. The minimum Gasteiger partial charge on any atom is -0.439 e. The van der Waals surface area contributed by atoms with Crippen LogP contribution < -0.4 is 15.8 Å². The number of nitrogens with two attached hydrogens (primary N) is 1. The molecule has 0 bridgehead atoms. The van der Waals surface area contributed by atoms with Crippen molar-refractivity contribution >= 4 is 35.8 Å². The fourth-order valence-corrected chi connectivity index (χ4v) is 4.23. The molecule has 0 aliphatic carbocycles. The van der Waals surface area contributed by atoms with Crippen molar-refractivity contribution in [1.29, 1.82) is 0 Å². The molecular weight excluding hydrogens is 454 g/mol. The van der Waals surface area contributed by atoms with E-state index in [-0.39, 0.29) is 5.91 Å². The SMILES string of the molecule is CC/C(C(=NC)Oc1cccc(C(=O)Nc2cccc([SH2+])c2)c1C)=C(/N)c1ccccc1C(C)C. The molecule has 5 nitrogen and oxygen atoms in total. The van der Waals surface area contributed by atoms with E-state index in [0.717, 1.165) is 21.6 Å². The molecule has 0 heterocycles. The lowest BCUT2D eigenvalue weighted by Crippen LogP contribution is -2.19. The van der Waals surface area contributed by atoms with Crippen LogP contribution in [0.3, 0.4) is 0 Å². The van der Waals surface area contributed by atoms with Crippen LogP contribution in [0.4, 0.5) is 5.69 Å². The zero-order chi connectivity index (χ0) is 25.5. The lowest BCUT2D eigenvalue weighted by atomic mass is 9.93. The van der Waals surface area contributed by atoms with E-state index in [2.05, 4.69) is 42.9 Å². The third-order valence-electron chi connectivity index (χ3n) is 5.87. The zero-order valence-corrected chi connectivity index (χ0v) is 22.0. The van der Waals surface area contributed by atoms with Gasteiger partial charge in [0.15, 0.2) is 4.90 Å². The van der Waals surface area contributed by atoms with Crippen LogP contribution in [-0.2, 0) is 12.6 Å². The molecular formula is C29H34N3O2S+. The number of rotatable bonds is 7.